The monoisotopic (exact) mass is 492 g/mol. The number of imide groups is 2. The van der Waals surface area contributed by atoms with Crippen LogP contribution in [0.25, 0.3) is 6.08 Å². The molecule has 0 saturated carbocycles. The van der Waals surface area contributed by atoms with Gasteiger partial charge in [-0.25, -0.2) is 9.69 Å². The van der Waals surface area contributed by atoms with Crippen molar-refractivity contribution in [1.82, 2.24) is 5.32 Å². The van der Waals surface area contributed by atoms with Crippen LogP contribution in [0.5, 0.6) is 11.5 Å². The average molecular weight is 494 g/mol. The van der Waals surface area contributed by atoms with Crippen molar-refractivity contribution in [3.8, 4) is 11.5 Å². The van der Waals surface area contributed by atoms with E-state index >= 15 is 0 Å². The Morgan fingerprint density at radius 3 is 2.37 bits per heavy atom. The molecule has 1 fully saturated rings. The van der Waals surface area contributed by atoms with Crippen molar-refractivity contribution in [2.75, 3.05) is 18.1 Å². The van der Waals surface area contributed by atoms with Crippen molar-refractivity contribution >= 4 is 57.1 Å². The van der Waals surface area contributed by atoms with E-state index in [2.05, 4.69) is 21.2 Å². The summed E-state index contributed by atoms with van der Waals surface area (Å²) in [5.74, 6) is -0.757. The number of halogens is 2. The van der Waals surface area contributed by atoms with Crippen LogP contribution in [-0.2, 0) is 9.59 Å². The first kappa shape index (κ1) is 21.9. The highest BCUT2D eigenvalue weighted by Gasteiger charge is 2.36. The van der Waals surface area contributed by atoms with E-state index in [9.17, 15) is 14.4 Å². The molecule has 1 N–H and O–H groups in total. The Labute approximate surface area is 186 Å². The molecule has 0 aliphatic carbocycles. The molecule has 30 heavy (non-hydrogen) atoms. The number of hydrogen-bond acceptors (Lipinski definition) is 5. The van der Waals surface area contributed by atoms with Gasteiger partial charge in [0.25, 0.3) is 11.8 Å². The molecule has 0 aromatic heterocycles. The summed E-state index contributed by atoms with van der Waals surface area (Å²) in [4.78, 5) is 38.5. The lowest BCUT2D eigenvalue weighted by molar-refractivity contribution is -0.122. The van der Waals surface area contributed by atoms with Gasteiger partial charge in [0.15, 0.2) is 11.5 Å². The molecule has 7 nitrogen and oxygen atoms in total. The van der Waals surface area contributed by atoms with Crippen LogP contribution in [-0.4, -0.2) is 31.1 Å². The zero-order valence-electron chi connectivity index (χ0n) is 16.2. The van der Waals surface area contributed by atoms with Gasteiger partial charge in [0.1, 0.15) is 5.57 Å². The molecule has 0 bridgehead atoms. The number of nitrogens with one attached hydrogen (secondary N) is 1. The van der Waals surface area contributed by atoms with Crippen molar-refractivity contribution in [3.63, 3.8) is 0 Å². The molecule has 0 atom stereocenters. The molecule has 2 aromatic rings. The zero-order valence-corrected chi connectivity index (χ0v) is 18.5. The maximum absolute atomic E-state index is 13.0. The van der Waals surface area contributed by atoms with E-state index in [1.165, 1.54) is 6.08 Å². The van der Waals surface area contributed by atoms with Gasteiger partial charge in [0.05, 0.1) is 23.9 Å². The standard InChI is InChI=1S/C21H18BrClN2O5/c1-3-29-17-11-12(10-16(23)18(17)30-4-2)9-15-19(26)24-21(28)25(20(15)27)14-7-5-13(22)6-8-14/h5-11H,3-4H2,1-2H3,(H,24,26,28)/b15-9+. The van der Waals surface area contributed by atoms with Crippen LogP contribution in [0.1, 0.15) is 19.4 Å². The smallest absolute Gasteiger partial charge is 0.335 e. The van der Waals surface area contributed by atoms with Gasteiger partial charge < -0.3 is 9.47 Å². The van der Waals surface area contributed by atoms with E-state index < -0.39 is 17.8 Å². The molecule has 1 heterocycles. The number of ether oxygens (including phenoxy) is 2. The summed E-state index contributed by atoms with van der Waals surface area (Å²) in [5, 5.41) is 2.46. The first-order chi connectivity index (χ1) is 14.3. The first-order valence-electron chi connectivity index (χ1n) is 9.11. The number of carbonyl (C=O) groups is 3. The highest BCUT2D eigenvalue weighted by Crippen LogP contribution is 2.37. The van der Waals surface area contributed by atoms with Crippen LogP contribution in [0.15, 0.2) is 46.4 Å². The van der Waals surface area contributed by atoms with Crippen LogP contribution in [0.3, 0.4) is 0 Å². The maximum atomic E-state index is 13.0. The molecule has 1 aliphatic rings. The summed E-state index contributed by atoms with van der Waals surface area (Å²) in [6.07, 6.45) is 1.36. The number of rotatable bonds is 6. The molecule has 2 aromatic carbocycles. The van der Waals surface area contributed by atoms with Crippen LogP contribution in [0.4, 0.5) is 10.5 Å². The maximum Gasteiger partial charge on any atom is 0.335 e. The minimum Gasteiger partial charge on any atom is -0.490 e. The van der Waals surface area contributed by atoms with Gasteiger partial charge in [-0.1, -0.05) is 27.5 Å². The lowest BCUT2D eigenvalue weighted by Gasteiger charge is -2.26. The third kappa shape index (κ3) is 4.49. The Morgan fingerprint density at radius 1 is 1.07 bits per heavy atom. The third-order valence-corrected chi connectivity index (χ3v) is 4.93. The Hall–Kier alpha value is -2.84. The zero-order chi connectivity index (χ0) is 21.8. The molecule has 1 aliphatic heterocycles. The second-order valence-corrected chi connectivity index (χ2v) is 7.45. The van der Waals surface area contributed by atoms with E-state index in [1.54, 1.807) is 36.4 Å². The fourth-order valence-corrected chi connectivity index (χ4v) is 3.41. The van der Waals surface area contributed by atoms with E-state index in [1.807, 2.05) is 13.8 Å². The third-order valence-electron chi connectivity index (χ3n) is 4.12. The van der Waals surface area contributed by atoms with Crippen molar-refractivity contribution in [2.45, 2.75) is 13.8 Å². The number of urea groups is 1. The number of benzene rings is 2. The molecule has 9 heteroatoms. The van der Waals surface area contributed by atoms with Crippen molar-refractivity contribution < 1.29 is 23.9 Å². The minimum absolute atomic E-state index is 0.208. The van der Waals surface area contributed by atoms with Crippen molar-refractivity contribution in [1.29, 1.82) is 0 Å². The van der Waals surface area contributed by atoms with E-state index in [4.69, 9.17) is 21.1 Å². The predicted octanol–water partition coefficient (Wildman–Crippen LogP) is 4.57. The summed E-state index contributed by atoms with van der Waals surface area (Å²) < 4.78 is 11.9. The molecule has 0 radical (unpaired) electrons. The second-order valence-electron chi connectivity index (χ2n) is 6.13. The van der Waals surface area contributed by atoms with Crippen LogP contribution in [0, 0.1) is 0 Å². The number of barbiturate groups is 1. The lowest BCUT2D eigenvalue weighted by Crippen LogP contribution is -2.54. The molecule has 3 rings (SSSR count). The Kier molecular flexibility index (Phi) is 6.79. The molecule has 1 saturated heterocycles. The summed E-state index contributed by atoms with van der Waals surface area (Å²) in [6, 6.07) is 8.93. The largest absolute Gasteiger partial charge is 0.490 e. The van der Waals surface area contributed by atoms with E-state index in [0.29, 0.717) is 36.0 Å². The minimum atomic E-state index is -0.816. The molecule has 156 valence electrons. The van der Waals surface area contributed by atoms with E-state index in [-0.39, 0.29) is 10.6 Å². The van der Waals surface area contributed by atoms with Gasteiger partial charge in [0.2, 0.25) is 0 Å². The van der Waals surface area contributed by atoms with Crippen molar-refractivity contribution in [2.24, 2.45) is 0 Å². The van der Waals surface area contributed by atoms with Gasteiger partial charge in [-0.15, -0.1) is 0 Å². The highest BCUT2D eigenvalue weighted by molar-refractivity contribution is 9.10. The Bertz CT molecular complexity index is 1040. The van der Waals surface area contributed by atoms with Gasteiger partial charge in [0, 0.05) is 4.47 Å². The van der Waals surface area contributed by atoms with Crippen LogP contribution >= 0.6 is 27.5 Å². The number of carbonyl (C=O) groups excluding carboxylic acids is 3. The summed E-state index contributed by atoms with van der Waals surface area (Å²) in [7, 11) is 0. The molecule has 0 spiro atoms. The first-order valence-corrected chi connectivity index (χ1v) is 10.3. The SMILES string of the molecule is CCOc1cc(/C=C2\C(=O)NC(=O)N(c3ccc(Br)cc3)C2=O)cc(Cl)c1OCC. The molecule has 4 amide bonds. The predicted molar refractivity (Wildman–Crippen MR) is 117 cm³/mol. The Balaban J connectivity index is 2.03. The fraction of sp³-hybridized carbons (Fsp3) is 0.190. The topological polar surface area (TPSA) is 84.9 Å². The number of amides is 4. The summed E-state index contributed by atoms with van der Waals surface area (Å²) in [6.45, 7) is 4.41. The second kappa shape index (κ2) is 9.32. The van der Waals surface area contributed by atoms with Gasteiger partial charge in [-0.2, -0.15) is 0 Å². The molecular weight excluding hydrogens is 476 g/mol. The molecule has 0 unspecified atom stereocenters. The van der Waals surface area contributed by atoms with Gasteiger partial charge in [-0.3, -0.25) is 14.9 Å². The van der Waals surface area contributed by atoms with E-state index in [0.717, 1.165) is 9.37 Å². The number of nitrogens with zero attached hydrogens (tertiary/aromatic N) is 1. The summed E-state index contributed by atoms with van der Waals surface area (Å²) >= 11 is 9.62. The highest BCUT2D eigenvalue weighted by atomic mass is 79.9. The lowest BCUT2D eigenvalue weighted by atomic mass is 10.1. The Morgan fingerprint density at radius 2 is 1.73 bits per heavy atom. The normalized spacial score (nSPS) is 15.4. The van der Waals surface area contributed by atoms with Crippen LogP contribution < -0.4 is 19.7 Å². The average Bonchev–Trinajstić information content (AvgIpc) is 2.69. The van der Waals surface area contributed by atoms with Crippen LogP contribution in [0.2, 0.25) is 5.02 Å². The quantitative estimate of drug-likeness (QED) is 0.471. The number of anilines is 1. The fourth-order valence-electron chi connectivity index (χ4n) is 2.87. The van der Waals surface area contributed by atoms with Gasteiger partial charge >= 0.3 is 6.03 Å². The summed E-state index contributed by atoms with van der Waals surface area (Å²) in [5.41, 5.74) is 0.578. The molecular formula is C21H18BrClN2O5. The number of hydrogen-bond donors (Lipinski definition) is 1. The van der Waals surface area contributed by atoms with Crippen molar-refractivity contribution in [3.05, 3.63) is 57.0 Å². The van der Waals surface area contributed by atoms with Gasteiger partial charge in [-0.05, 0) is 61.9 Å².